The number of nitrogens with zero attached hydrogens (tertiary/aromatic N) is 3. The zero-order valence-corrected chi connectivity index (χ0v) is 18.8. The van der Waals surface area contributed by atoms with Crippen LogP contribution in [0.1, 0.15) is 53.3 Å². The van der Waals surface area contributed by atoms with Crippen molar-refractivity contribution in [3.05, 3.63) is 29.3 Å². The molecular weight excluding hydrogens is 428 g/mol. The molecule has 2 fully saturated rings. The van der Waals surface area contributed by atoms with E-state index in [0.29, 0.717) is 19.7 Å². The van der Waals surface area contributed by atoms with Crippen LogP contribution in [0.2, 0.25) is 0 Å². The number of carbonyl (C=O) groups excluding carboxylic acids is 5. The van der Waals surface area contributed by atoms with Crippen molar-refractivity contribution in [2.45, 2.75) is 44.7 Å². The van der Waals surface area contributed by atoms with Crippen molar-refractivity contribution in [2.75, 3.05) is 38.3 Å². The summed E-state index contributed by atoms with van der Waals surface area (Å²) in [5, 5.41) is 2.20. The Hall–Kier alpha value is -3.27. The third-order valence-electron chi connectivity index (χ3n) is 6.62. The monoisotopic (exact) mass is 456 g/mol. The van der Waals surface area contributed by atoms with E-state index in [0.717, 1.165) is 23.4 Å². The maximum absolute atomic E-state index is 13.0. The minimum atomic E-state index is -0.973. The molecule has 0 radical (unpaired) electrons. The van der Waals surface area contributed by atoms with Crippen molar-refractivity contribution >= 4 is 35.2 Å². The molecule has 5 amide bonds. The van der Waals surface area contributed by atoms with Gasteiger partial charge in [0.1, 0.15) is 12.6 Å². The second-order valence-electron chi connectivity index (χ2n) is 8.54. The van der Waals surface area contributed by atoms with Crippen molar-refractivity contribution in [3.63, 3.8) is 0 Å². The van der Waals surface area contributed by atoms with Gasteiger partial charge in [0.25, 0.3) is 11.8 Å². The van der Waals surface area contributed by atoms with Gasteiger partial charge in [-0.25, -0.2) is 0 Å². The zero-order chi connectivity index (χ0) is 23.7. The highest BCUT2D eigenvalue weighted by atomic mass is 16.5. The van der Waals surface area contributed by atoms with E-state index in [-0.39, 0.29) is 42.5 Å². The average Bonchev–Trinajstić information content (AvgIpc) is 3.06. The molecule has 3 heterocycles. The fourth-order valence-corrected chi connectivity index (χ4v) is 4.66. The molecule has 0 spiro atoms. The van der Waals surface area contributed by atoms with Crippen molar-refractivity contribution < 1.29 is 28.7 Å². The molecule has 1 N–H and O–H groups in total. The maximum Gasteiger partial charge on any atom is 0.262 e. The summed E-state index contributed by atoms with van der Waals surface area (Å²) >= 11 is 0. The van der Waals surface area contributed by atoms with Gasteiger partial charge < -0.3 is 14.5 Å². The van der Waals surface area contributed by atoms with Crippen molar-refractivity contribution in [1.29, 1.82) is 0 Å². The average molecular weight is 456 g/mol. The highest BCUT2D eigenvalue weighted by Crippen LogP contribution is 2.31. The summed E-state index contributed by atoms with van der Waals surface area (Å²) in [6, 6.07) is 4.28. The lowest BCUT2D eigenvalue weighted by atomic mass is 10.0. The fourth-order valence-electron chi connectivity index (χ4n) is 4.66. The summed E-state index contributed by atoms with van der Waals surface area (Å²) in [6.07, 6.45) is 1.78. The van der Waals surface area contributed by atoms with Crippen molar-refractivity contribution in [2.24, 2.45) is 0 Å². The van der Waals surface area contributed by atoms with Crippen LogP contribution in [0.4, 0.5) is 5.69 Å². The Morgan fingerprint density at radius 2 is 1.79 bits per heavy atom. The maximum atomic E-state index is 13.0. The standard InChI is InChI=1S/C23H28N4O6/c1-3-33-13-20(29)25(2)14-8-10-26(11-9-14)15-4-5-16-17(12-15)23(32)27(22(16)31)18-6-7-19(28)24-21(18)30/h4-5,12,14,18H,3,6-11,13H2,1-2H3,(H,24,28,30). The predicted octanol–water partition coefficient (Wildman–Crippen LogP) is 0.552. The largest absolute Gasteiger partial charge is 0.372 e. The van der Waals surface area contributed by atoms with Gasteiger partial charge in [-0.2, -0.15) is 0 Å². The highest BCUT2D eigenvalue weighted by molar-refractivity contribution is 6.23. The minimum Gasteiger partial charge on any atom is -0.372 e. The van der Waals surface area contributed by atoms with Crippen LogP contribution in [0.3, 0.4) is 0 Å². The van der Waals surface area contributed by atoms with E-state index in [1.165, 1.54) is 0 Å². The second kappa shape index (κ2) is 9.30. The number of nitrogens with one attached hydrogen (secondary N) is 1. The molecule has 0 bridgehead atoms. The van der Waals surface area contributed by atoms with Crippen LogP contribution in [-0.2, 0) is 19.1 Å². The summed E-state index contributed by atoms with van der Waals surface area (Å²) in [6.45, 7) is 3.84. The quantitative estimate of drug-likeness (QED) is 0.622. The van der Waals surface area contributed by atoms with Crippen LogP contribution >= 0.6 is 0 Å². The van der Waals surface area contributed by atoms with Crippen molar-refractivity contribution in [1.82, 2.24) is 15.1 Å². The van der Waals surface area contributed by atoms with E-state index in [1.807, 2.05) is 13.0 Å². The molecule has 2 saturated heterocycles. The molecule has 0 aliphatic carbocycles. The smallest absolute Gasteiger partial charge is 0.262 e. The van der Waals surface area contributed by atoms with Crippen LogP contribution < -0.4 is 10.2 Å². The lowest BCUT2D eigenvalue weighted by molar-refractivity contribution is -0.137. The van der Waals surface area contributed by atoms with Gasteiger partial charge in [0.2, 0.25) is 17.7 Å². The van der Waals surface area contributed by atoms with Crippen LogP contribution in [0.15, 0.2) is 18.2 Å². The van der Waals surface area contributed by atoms with E-state index in [4.69, 9.17) is 4.74 Å². The molecule has 10 heteroatoms. The molecule has 0 saturated carbocycles. The molecule has 1 aromatic carbocycles. The third-order valence-corrected chi connectivity index (χ3v) is 6.62. The SMILES string of the molecule is CCOCC(=O)N(C)C1CCN(c2ccc3c(c2)C(=O)N(C2CCC(=O)NC2=O)C3=O)CC1. The van der Waals surface area contributed by atoms with E-state index >= 15 is 0 Å². The van der Waals surface area contributed by atoms with Gasteiger partial charge in [0.05, 0.1) is 11.1 Å². The number of fused-ring (bicyclic) bond motifs is 1. The van der Waals surface area contributed by atoms with Gasteiger partial charge in [-0.15, -0.1) is 0 Å². The first-order valence-corrected chi connectivity index (χ1v) is 11.3. The number of ether oxygens (including phenoxy) is 1. The van der Waals surface area contributed by atoms with Gasteiger partial charge >= 0.3 is 0 Å². The second-order valence-corrected chi connectivity index (χ2v) is 8.54. The molecular formula is C23H28N4O6. The van der Waals surface area contributed by atoms with Crippen LogP contribution in [0, 0.1) is 0 Å². The van der Waals surface area contributed by atoms with E-state index < -0.39 is 29.7 Å². The third kappa shape index (κ3) is 4.35. The zero-order valence-electron chi connectivity index (χ0n) is 18.8. The summed E-state index contributed by atoms with van der Waals surface area (Å²) in [4.78, 5) is 66.6. The number of rotatable bonds is 6. The number of hydrogen-bond acceptors (Lipinski definition) is 7. The summed E-state index contributed by atoms with van der Waals surface area (Å²) < 4.78 is 5.22. The first kappa shape index (κ1) is 22.9. The molecule has 1 aromatic rings. The van der Waals surface area contributed by atoms with E-state index in [2.05, 4.69) is 10.2 Å². The Balaban J connectivity index is 1.43. The number of amides is 5. The van der Waals surface area contributed by atoms with Gasteiger partial charge in [-0.3, -0.25) is 34.2 Å². The van der Waals surface area contributed by atoms with Gasteiger partial charge in [0, 0.05) is 44.9 Å². The number of benzene rings is 1. The first-order chi connectivity index (χ1) is 15.8. The molecule has 33 heavy (non-hydrogen) atoms. The summed E-state index contributed by atoms with van der Waals surface area (Å²) in [5.41, 5.74) is 1.36. The molecule has 3 aliphatic rings. The normalized spacial score (nSPS) is 21.3. The Morgan fingerprint density at radius 3 is 2.45 bits per heavy atom. The fraction of sp³-hybridized carbons (Fsp3) is 0.522. The number of hydrogen-bond donors (Lipinski definition) is 1. The molecule has 0 aromatic heterocycles. The van der Waals surface area contributed by atoms with Crippen LogP contribution in [-0.4, -0.2) is 84.8 Å². The lowest BCUT2D eigenvalue weighted by Gasteiger charge is -2.38. The predicted molar refractivity (Wildman–Crippen MR) is 118 cm³/mol. The Labute approximate surface area is 191 Å². The molecule has 1 atom stereocenters. The molecule has 176 valence electrons. The van der Waals surface area contributed by atoms with Crippen LogP contribution in [0.5, 0.6) is 0 Å². The minimum absolute atomic E-state index is 0.0366. The van der Waals surface area contributed by atoms with Crippen LogP contribution in [0.25, 0.3) is 0 Å². The number of anilines is 1. The summed E-state index contributed by atoms with van der Waals surface area (Å²) in [5.74, 6) is -2.08. The molecule has 1 unspecified atom stereocenters. The first-order valence-electron chi connectivity index (χ1n) is 11.3. The summed E-state index contributed by atoms with van der Waals surface area (Å²) in [7, 11) is 1.80. The van der Waals surface area contributed by atoms with Gasteiger partial charge in [-0.05, 0) is 44.4 Å². The Bertz CT molecular complexity index is 1000. The number of likely N-dealkylation sites (N-methyl/N-ethyl adjacent to an activating group) is 1. The lowest BCUT2D eigenvalue weighted by Crippen LogP contribution is -2.54. The van der Waals surface area contributed by atoms with Crippen molar-refractivity contribution in [3.8, 4) is 0 Å². The van der Waals surface area contributed by atoms with Gasteiger partial charge in [-0.1, -0.05) is 0 Å². The Morgan fingerprint density at radius 1 is 1.09 bits per heavy atom. The highest BCUT2D eigenvalue weighted by Gasteiger charge is 2.44. The van der Waals surface area contributed by atoms with Gasteiger partial charge in [0.15, 0.2) is 0 Å². The van der Waals surface area contributed by atoms with E-state index in [1.54, 1.807) is 24.1 Å². The molecule has 4 rings (SSSR count). The number of piperidine rings is 2. The number of carbonyl (C=O) groups is 5. The molecule has 10 nitrogen and oxygen atoms in total. The topological polar surface area (TPSA) is 116 Å². The Kier molecular flexibility index (Phi) is 6.46. The molecule has 3 aliphatic heterocycles. The number of imide groups is 2. The van der Waals surface area contributed by atoms with E-state index in [9.17, 15) is 24.0 Å².